The van der Waals surface area contributed by atoms with Crippen LogP contribution in [0.5, 0.6) is 0 Å². The van der Waals surface area contributed by atoms with Crippen molar-refractivity contribution < 1.29 is 95.7 Å². The third-order valence-electron chi connectivity index (χ3n) is 17.9. The molecule has 5 N–H and O–H groups in total. The van der Waals surface area contributed by atoms with E-state index in [1.807, 2.05) is 39.8 Å². The Morgan fingerprint density at radius 2 is 0.821 bits per heavy atom. The van der Waals surface area contributed by atoms with Crippen LogP contribution in [-0.4, -0.2) is 124 Å². The molecule has 5 aromatic rings. The van der Waals surface area contributed by atoms with Gasteiger partial charge in [0.2, 0.25) is 0 Å². The summed E-state index contributed by atoms with van der Waals surface area (Å²) in [6, 6.07) is 28.2. The third-order valence-corrected chi connectivity index (χ3v) is 21.2. The molecule has 0 aliphatic carbocycles. The predicted molar refractivity (Wildman–Crippen MR) is 468 cm³/mol. The summed E-state index contributed by atoms with van der Waals surface area (Å²) in [4.78, 5) is 39.6. The number of amidine groups is 3. The molecule has 117 heavy (non-hydrogen) atoms. The van der Waals surface area contributed by atoms with Gasteiger partial charge in [0.1, 0.15) is 51.5 Å². The van der Waals surface area contributed by atoms with Crippen LogP contribution in [0.15, 0.2) is 130 Å². The minimum atomic E-state index is -1.12. The zero-order valence-electron chi connectivity index (χ0n) is 66.5. The summed E-state index contributed by atoms with van der Waals surface area (Å²) in [6.07, 6.45) is 6.15. The summed E-state index contributed by atoms with van der Waals surface area (Å²) in [5.41, 5.74) is 4.73. The number of thioether (sulfide) groups is 3. The number of hydrogen-bond donors (Lipinski definition) is 4. The molecule has 27 heteroatoms. The van der Waals surface area contributed by atoms with Gasteiger partial charge >= 0.3 is 29.6 Å². The first kappa shape index (κ1) is 99.1. The first-order valence-corrected chi connectivity index (χ1v) is 43.0. The number of amides is 2. The molecule has 6 aliphatic heterocycles. The third kappa shape index (κ3) is 30.1. The van der Waals surface area contributed by atoms with Crippen molar-refractivity contribution in [1.82, 2.24) is 10.6 Å². The van der Waals surface area contributed by atoms with E-state index >= 15 is 0 Å². The van der Waals surface area contributed by atoms with Crippen LogP contribution in [0.4, 0.5) is 26.3 Å². The minimum Gasteiger partial charge on any atom is -1.00 e. The molecule has 2 amide bonds. The Morgan fingerprint density at radius 3 is 1.13 bits per heavy atom. The maximum Gasteiger partial charge on any atom is 1.00 e. The van der Waals surface area contributed by atoms with Crippen LogP contribution < -0.4 is 45.9 Å². The molecule has 0 spiro atoms. The van der Waals surface area contributed by atoms with Gasteiger partial charge in [0.05, 0.1) is 58.0 Å². The average molecular weight is 1800 g/mol. The molecule has 5 aromatic carbocycles. The Hall–Kier alpha value is -8.45. The zero-order chi connectivity index (χ0) is 84.3. The number of halogens is 7. The zero-order valence-corrected chi connectivity index (χ0v) is 74.4. The predicted octanol–water partition coefficient (Wildman–Crippen LogP) is 10.9. The maximum absolute atomic E-state index is 15.0. The van der Waals surface area contributed by atoms with E-state index in [1.165, 1.54) is 76.1 Å². The van der Waals surface area contributed by atoms with E-state index in [0.29, 0.717) is 77.9 Å². The van der Waals surface area contributed by atoms with Crippen LogP contribution in [0, 0.1) is 195 Å². The molecule has 600 valence electrons. The number of carbonyl (C=O) groups is 2. The molecule has 3 fully saturated rings. The van der Waals surface area contributed by atoms with Crippen LogP contribution in [-0.2, 0) is 40.3 Å². The molecular weight excluding hydrogens is 1720 g/mol. The Bertz CT molecular complexity index is 5180. The number of aliphatic imine (C=N–C) groups is 3. The topological polar surface area (TPSA) is 188 Å². The summed E-state index contributed by atoms with van der Waals surface area (Å²) in [7, 11) is 4.67. The standard InChI is InChI=1S/C25H4.C24H26F2N2O3S.C22H22F2N2O3S.C17H22F2N2O2S.C2H5I.Na.H4P2.H/c1-3-5-7-9-11-13-15-17-19-21-23-25-24-22-20-18-16-14-12-10-8-6-4-2;1-3-30-13-18-12-20-15(2)32-23(27-22(29)16-7-5-4-6-8-16)28-24(20,14-31-18)19-10-9-17(25)11-21(19)26;1-13-18-10-16(11-27)29-12-22(18,17-8-7-15(23)9-19(17)24)26-21(30-13)25-20(28)14-5-3-2-4-6-14;1-3-22-8-12-7-14-10(2)24-16(20)21-17(14,9-23-12)13-5-4-11(18)6-15(13)19;1-2-3;;1-2;/h1H,2H3;4-11,15,18,20H,3,12-14H2,1-2H3,(H,27,28,29);2-9,13,16,18,27H,10-12H2,1H3,(H,25,26,28);4-6,10,12,14H,3,7-9H2,1-2H3,(H2,20,21);2H2,1H3;;1-2H2;/q;;;;;+1;;-1/t;15-,18-,20+,24-;13-,16-,18+,22-;10-,12-,14+,17-;;;;/m.111..../s1. The number of aliphatic hydroxyl groups excluding tert-OH is 1. The number of fused-ring (bicyclic) bond motifs is 3. The fourth-order valence-corrected chi connectivity index (χ4v) is 16.5. The van der Waals surface area contributed by atoms with Crippen molar-refractivity contribution in [2.75, 3.05) is 57.3 Å². The van der Waals surface area contributed by atoms with Crippen molar-refractivity contribution in [2.24, 2.45) is 38.5 Å². The fourth-order valence-electron chi connectivity index (χ4n) is 12.9. The van der Waals surface area contributed by atoms with Crippen LogP contribution >= 0.6 is 75.7 Å². The summed E-state index contributed by atoms with van der Waals surface area (Å²) in [6.45, 7) is 16.1. The Kier molecular flexibility index (Phi) is 45.0. The first-order valence-electron chi connectivity index (χ1n) is 36.2. The quantitative estimate of drug-likeness (QED) is 0.0232. The molecule has 6 heterocycles. The molecule has 0 saturated carbocycles. The number of nitrogens with one attached hydrogen (secondary N) is 2. The molecule has 6 aliphatic rings. The molecule has 14 atom stereocenters. The van der Waals surface area contributed by atoms with Crippen molar-refractivity contribution in [3.05, 3.63) is 178 Å². The van der Waals surface area contributed by atoms with E-state index in [-0.39, 0.29) is 132 Å². The fraction of sp³-hybridized carbons (Fsp3) is 0.344. The normalized spacial score (nSPS) is 22.6. The van der Waals surface area contributed by atoms with Crippen molar-refractivity contribution in [3.63, 3.8) is 0 Å². The van der Waals surface area contributed by atoms with Gasteiger partial charge in [-0.2, -0.15) is 0 Å². The number of nitrogens with two attached hydrogens (primary N) is 1. The Balaban J connectivity index is 0.000000325. The molecule has 2 unspecified atom stereocenters. The first-order chi connectivity index (χ1) is 56.1. The molecule has 0 aromatic heterocycles. The molecule has 0 bridgehead atoms. The summed E-state index contributed by atoms with van der Waals surface area (Å²) >= 11 is 6.62. The minimum absolute atomic E-state index is 0. The van der Waals surface area contributed by atoms with Gasteiger partial charge in [0, 0.05) is 128 Å². The van der Waals surface area contributed by atoms with Crippen molar-refractivity contribution >= 4 is 103 Å². The summed E-state index contributed by atoms with van der Waals surface area (Å²) in [5, 5.41) is 16.5. The number of hydrogen-bond acceptors (Lipinski definition) is 15. The van der Waals surface area contributed by atoms with E-state index in [2.05, 4.69) is 206 Å². The van der Waals surface area contributed by atoms with Crippen LogP contribution in [0.1, 0.15) is 107 Å². The Morgan fingerprint density at radius 1 is 0.521 bits per heavy atom. The van der Waals surface area contributed by atoms with Gasteiger partial charge in [0.25, 0.3) is 11.8 Å². The number of nitrogens with zero attached hydrogens (tertiary/aromatic N) is 3. The van der Waals surface area contributed by atoms with Crippen molar-refractivity contribution in [3.8, 4) is 143 Å². The largest absolute Gasteiger partial charge is 1.00 e. The van der Waals surface area contributed by atoms with Crippen LogP contribution in [0.25, 0.3) is 0 Å². The second kappa shape index (κ2) is 53.2. The van der Waals surface area contributed by atoms with Gasteiger partial charge in [-0.15, -0.1) is 24.3 Å². The Labute approximate surface area is 737 Å². The molecule has 3 saturated heterocycles. The van der Waals surface area contributed by atoms with Gasteiger partial charge in [-0.25, -0.2) is 41.3 Å². The van der Waals surface area contributed by atoms with E-state index in [9.17, 15) is 41.0 Å². The van der Waals surface area contributed by atoms with Gasteiger partial charge < -0.3 is 46.6 Å². The molecule has 0 radical (unpaired) electrons. The number of benzene rings is 5. The second-order valence-electron chi connectivity index (χ2n) is 25.2. The van der Waals surface area contributed by atoms with Gasteiger partial charge in [-0.3, -0.25) is 9.59 Å². The van der Waals surface area contributed by atoms with Crippen molar-refractivity contribution in [1.29, 1.82) is 0 Å². The average Bonchev–Trinajstić information content (AvgIpc) is 0.748. The monoisotopic (exact) mass is 1800 g/mol. The summed E-state index contributed by atoms with van der Waals surface area (Å²) < 4.78 is 115. The number of carbonyl (C=O) groups excluding carboxylic acids is 2. The van der Waals surface area contributed by atoms with Gasteiger partial charge in [-0.1, -0.05) is 146 Å². The van der Waals surface area contributed by atoms with Crippen molar-refractivity contribution in [2.45, 2.75) is 118 Å². The number of ether oxygens (including phenoxy) is 5. The number of rotatable bonds is 12. The smallest absolute Gasteiger partial charge is 1.00 e. The van der Waals surface area contributed by atoms with Crippen LogP contribution in [0.2, 0.25) is 0 Å². The van der Waals surface area contributed by atoms with Gasteiger partial charge in [0.15, 0.2) is 15.5 Å². The van der Waals surface area contributed by atoms with E-state index in [0.717, 1.165) is 18.2 Å². The second-order valence-corrected chi connectivity index (χ2v) is 30.8. The molecular formula is C90H84F6IN6NaO8P2S3. The van der Waals surface area contributed by atoms with E-state index < -0.39 is 51.5 Å². The maximum atomic E-state index is 15.0. The van der Waals surface area contributed by atoms with E-state index in [4.69, 9.17) is 45.8 Å². The number of alkyl halides is 1. The number of aliphatic hydroxyl groups is 1. The molecule has 11 rings (SSSR count). The molecule has 14 nitrogen and oxygen atoms in total. The van der Waals surface area contributed by atoms with Gasteiger partial charge in [-0.05, 0) is 182 Å². The SMILES string of the molecule is C#CC#CC#CC#CC#CC#CC#CC#CC#CC#CC#CC#CC.CCI.CCOC[C@H]1C[C@H]2[C@@H](C)SC(N)=N[C@@]2(c2ccc(F)cc2F)CO1.CCOC[C@H]1C[C@H]2[C@@H](C)SC(NC(=O)c3ccccc3)=N[C@@]2(c2ccc(F)cc2F)CO1.C[C@H]1SC(NC(=O)c2ccccc2)=N[C@@]2(c3ccc(F)cc3F)CO[C@@H](CO)C[C@@H]12.PP.[H-].[Na+]. The van der Waals surface area contributed by atoms with Crippen LogP contribution in [0.3, 0.4) is 0 Å². The van der Waals surface area contributed by atoms with E-state index in [1.54, 1.807) is 55.5 Å². The number of terminal acetylenes is 1. The summed E-state index contributed by atoms with van der Waals surface area (Å²) in [5.74, 6) is 52.2.